The van der Waals surface area contributed by atoms with E-state index in [0.29, 0.717) is 11.6 Å². The highest BCUT2D eigenvalue weighted by Gasteiger charge is 2.17. The van der Waals surface area contributed by atoms with Crippen molar-refractivity contribution < 1.29 is 4.79 Å². The van der Waals surface area contributed by atoms with Gasteiger partial charge in [-0.2, -0.15) is 0 Å². The lowest BCUT2D eigenvalue weighted by molar-refractivity contribution is -0.120. The van der Waals surface area contributed by atoms with Crippen molar-refractivity contribution in [1.29, 1.82) is 0 Å². The van der Waals surface area contributed by atoms with Crippen LogP contribution in [0.4, 0.5) is 0 Å². The Labute approximate surface area is 162 Å². The van der Waals surface area contributed by atoms with Crippen molar-refractivity contribution in [2.24, 2.45) is 0 Å². The van der Waals surface area contributed by atoms with Gasteiger partial charge in [-0.05, 0) is 43.7 Å². The molecule has 134 valence electrons. The van der Waals surface area contributed by atoms with Crippen LogP contribution in [0.5, 0.6) is 0 Å². The van der Waals surface area contributed by atoms with Gasteiger partial charge < -0.3 is 5.32 Å². The van der Waals surface area contributed by atoms with Crippen LogP contribution in [0.15, 0.2) is 66.1 Å². The topological polar surface area (TPSA) is 46.9 Å². The number of aromatic nitrogens is 2. The Morgan fingerprint density at radius 2 is 1.88 bits per heavy atom. The molecule has 0 unspecified atom stereocenters. The van der Waals surface area contributed by atoms with Crippen molar-refractivity contribution in [3.63, 3.8) is 0 Å². The number of hydrogen-bond acceptors (Lipinski definition) is 3. The Morgan fingerprint density at radius 3 is 2.58 bits per heavy atom. The lowest BCUT2D eigenvalue weighted by atomic mass is 10.1. The molecular weight excluding hydrogens is 366 g/mol. The molecule has 0 aliphatic carbocycles. The predicted octanol–water partition coefficient (Wildman–Crippen LogP) is 4.63. The molecular formula is C20H20ClN3OS. The van der Waals surface area contributed by atoms with E-state index in [2.05, 4.69) is 10.3 Å². The van der Waals surface area contributed by atoms with Crippen LogP contribution < -0.4 is 5.32 Å². The average Bonchev–Trinajstić information content (AvgIpc) is 3.09. The van der Waals surface area contributed by atoms with E-state index < -0.39 is 0 Å². The van der Waals surface area contributed by atoms with Gasteiger partial charge in [0.15, 0.2) is 5.16 Å². The molecule has 1 atom stereocenters. The maximum absolute atomic E-state index is 12.4. The standard InChI is InChI=1S/C20H20ClN3OS/c1-14-3-5-16(6-4-14)13-23-19(25)15(2)26-20-22-11-12-24(20)18-9-7-17(21)8-10-18/h3-12,15H,13H2,1-2H3,(H,23,25)/t15-/m1/s1. The van der Waals surface area contributed by atoms with Gasteiger partial charge in [-0.3, -0.25) is 9.36 Å². The highest BCUT2D eigenvalue weighted by Crippen LogP contribution is 2.25. The molecule has 6 heteroatoms. The van der Waals surface area contributed by atoms with Crippen molar-refractivity contribution in [2.45, 2.75) is 30.8 Å². The normalized spacial score (nSPS) is 12.0. The van der Waals surface area contributed by atoms with Gasteiger partial charge in [-0.25, -0.2) is 4.98 Å². The Kier molecular flexibility index (Phi) is 6.01. The fourth-order valence-corrected chi connectivity index (χ4v) is 3.46. The minimum absolute atomic E-state index is 0.0127. The van der Waals surface area contributed by atoms with Crippen LogP contribution >= 0.6 is 23.4 Å². The first-order valence-corrected chi connectivity index (χ1v) is 9.58. The molecule has 0 saturated carbocycles. The van der Waals surface area contributed by atoms with Crippen LogP contribution in [0.25, 0.3) is 5.69 Å². The molecule has 3 aromatic rings. The summed E-state index contributed by atoms with van der Waals surface area (Å²) in [7, 11) is 0. The number of nitrogens with zero attached hydrogens (tertiary/aromatic N) is 2. The summed E-state index contributed by atoms with van der Waals surface area (Å²) < 4.78 is 1.95. The summed E-state index contributed by atoms with van der Waals surface area (Å²) in [6.45, 7) is 4.45. The zero-order valence-electron chi connectivity index (χ0n) is 14.6. The maximum Gasteiger partial charge on any atom is 0.233 e. The molecule has 1 amide bonds. The van der Waals surface area contributed by atoms with E-state index >= 15 is 0 Å². The van der Waals surface area contributed by atoms with Crippen molar-refractivity contribution in [2.75, 3.05) is 0 Å². The van der Waals surface area contributed by atoms with Crippen molar-refractivity contribution in [1.82, 2.24) is 14.9 Å². The second kappa shape index (κ2) is 8.43. The number of thioether (sulfide) groups is 1. The molecule has 0 radical (unpaired) electrons. The second-order valence-electron chi connectivity index (χ2n) is 6.02. The zero-order valence-corrected chi connectivity index (χ0v) is 16.2. The summed E-state index contributed by atoms with van der Waals surface area (Å²) in [5.74, 6) is -0.0127. The molecule has 0 fully saturated rings. The summed E-state index contributed by atoms with van der Waals surface area (Å²) in [6.07, 6.45) is 3.61. The number of carbonyl (C=O) groups is 1. The second-order valence-corrected chi connectivity index (χ2v) is 7.76. The molecule has 3 rings (SSSR count). The Hall–Kier alpha value is -2.24. The van der Waals surface area contributed by atoms with E-state index in [1.807, 2.05) is 73.1 Å². The number of imidazole rings is 1. The number of aryl methyl sites for hydroxylation is 1. The van der Waals surface area contributed by atoms with E-state index in [1.165, 1.54) is 17.3 Å². The summed E-state index contributed by atoms with van der Waals surface area (Å²) in [5, 5.41) is 4.18. The summed E-state index contributed by atoms with van der Waals surface area (Å²) in [6, 6.07) is 15.7. The Bertz CT molecular complexity index is 875. The third kappa shape index (κ3) is 4.68. The van der Waals surface area contributed by atoms with Gasteiger partial charge >= 0.3 is 0 Å². The molecule has 0 aliphatic heterocycles. The van der Waals surface area contributed by atoms with Gasteiger partial charge in [-0.15, -0.1) is 0 Å². The molecule has 1 heterocycles. The largest absolute Gasteiger partial charge is 0.351 e. The molecule has 0 bridgehead atoms. The number of halogens is 1. The van der Waals surface area contributed by atoms with Crippen LogP contribution in [-0.4, -0.2) is 20.7 Å². The van der Waals surface area contributed by atoms with Gasteiger partial charge in [0.1, 0.15) is 0 Å². The third-order valence-electron chi connectivity index (χ3n) is 3.95. The first kappa shape index (κ1) is 18.5. The molecule has 0 saturated heterocycles. The van der Waals surface area contributed by atoms with Crippen LogP contribution in [0, 0.1) is 6.92 Å². The van der Waals surface area contributed by atoms with Crippen LogP contribution in [0.3, 0.4) is 0 Å². The minimum atomic E-state index is -0.256. The minimum Gasteiger partial charge on any atom is -0.351 e. The summed E-state index contributed by atoms with van der Waals surface area (Å²) in [4.78, 5) is 16.8. The van der Waals surface area contributed by atoms with Crippen LogP contribution in [0.1, 0.15) is 18.1 Å². The van der Waals surface area contributed by atoms with Crippen molar-refractivity contribution in [3.8, 4) is 5.69 Å². The number of carbonyl (C=O) groups excluding carboxylic acids is 1. The SMILES string of the molecule is Cc1ccc(CNC(=O)[C@@H](C)Sc2nccn2-c2ccc(Cl)cc2)cc1. The molecule has 0 aliphatic rings. The fourth-order valence-electron chi connectivity index (χ4n) is 2.43. The van der Waals surface area contributed by atoms with E-state index in [4.69, 9.17) is 11.6 Å². The molecule has 1 N–H and O–H groups in total. The average molecular weight is 386 g/mol. The van der Waals surface area contributed by atoms with Crippen LogP contribution in [0.2, 0.25) is 5.02 Å². The van der Waals surface area contributed by atoms with E-state index in [1.54, 1.807) is 6.20 Å². The molecule has 2 aromatic carbocycles. The van der Waals surface area contributed by atoms with E-state index in [9.17, 15) is 4.79 Å². The number of benzene rings is 2. The van der Waals surface area contributed by atoms with Gasteiger partial charge in [-0.1, -0.05) is 53.2 Å². The highest BCUT2D eigenvalue weighted by atomic mass is 35.5. The van der Waals surface area contributed by atoms with Crippen molar-refractivity contribution in [3.05, 3.63) is 77.1 Å². The third-order valence-corrected chi connectivity index (χ3v) is 5.28. The van der Waals surface area contributed by atoms with Gasteiger partial charge in [0, 0.05) is 29.6 Å². The Balaban J connectivity index is 1.62. The lowest BCUT2D eigenvalue weighted by Gasteiger charge is -2.13. The quantitative estimate of drug-likeness (QED) is 0.629. The fraction of sp³-hybridized carbons (Fsp3) is 0.200. The monoisotopic (exact) mass is 385 g/mol. The molecule has 4 nitrogen and oxygen atoms in total. The van der Waals surface area contributed by atoms with Crippen molar-refractivity contribution >= 4 is 29.3 Å². The van der Waals surface area contributed by atoms with Gasteiger partial charge in [0.25, 0.3) is 0 Å². The number of hydrogen-bond donors (Lipinski definition) is 1. The molecule has 0 spiro atoms. The predicted molar refractivity (Wildman–Crippen MR) is 107 cm³/mol. The first-order valence-electron chi connectivity index (χ1n) is 8.32. The molecule has 26 heavy (non-hydrogen) atoms. The lowest BCUT2D eigenvalue weighted by Crippen LogP contribution is -2.30. The maximum atomic E-state index is 12.4. The highest BCUT2D eigenvalue weighted by molar-refractivity contribution is 8.00. The van der Waals surface area contributed by atoms with E-state index in [-0.39, 0.29) is 11.2 Å². The smallest absolute Gasteiger partial charge is 0.233 e. The summed E-state index contributed by atoms with van der Waals surface area (Å²) >= 11 is 7.38. The number of nitrogens with one attached hydrogen (secondary N) is 1. The number of amides is 1. The number of rotatable bonds is 6. The van der Waals surface area contributed by atoms with Gasteiger partial charge in [0.05, 0.1) is 5.25 Å². The zero-order chi connectivity index (χ0) is 18.5. The molecule has 1 aromatic heterocycles. The van der Waals surface area contributed by atoms with E-state index in [0.717, 1.165) is 16.4 Å². The summed E-state index contributed by atoms with van der Waals surface area (Å²) in [5.41, 5.74) is 3.25. The van der Waals surface area contributed by atoms with Crippen LogP contribution in [-0.2, 0) is 11.3 Å². The van der Waals surface area contributed by atoms with Gasteiger partial charge in [0.2, 0.25) is 5.91 Å². The first-order chi connectivity index (χ1) is 12.5. The Morgan fingerprint density at radius 1 is 1.19 bits per heavy atom.